The average molecular weight is 529 g/mol. The van der Waals surface area contributed by atoms with E-state index in [1.807, 2.05) is 0 Å². The van der Waals surface area contributed by atoms with Crippen LogP contribution in [0.5, 0.6) is 0 Å². The molecule has 0 aliphatic heterocycles. The Hall–Kier alpha value is -2.31. The van der Waals surface area contributed by atoms with Gasteiger partial charge in [-0.15, -0.1) is 24.0 Å². The van der Waals surface area contributed by atoms with Gasteiger partial charge in [-0.05, 0) is 30.7 Å². The molecule has 0 bridgehead atoms. The van der Waals surface area contributed by atoms with Crippen LogP contribution in [0.2, 0.25) is 0 Å². The number of aryl methyl sites for hydroxylation is 1. The highest BCUT2D eigenvalue weighted by molar-refractivity contribution is 14.0. The summed E-state index contributed by atoms with van der Waals surface area (Å²) in [4.78, 5) is 15.5. The number of alkyl halides is 3. The van der Waals surface area contributed by atoms with Crippen molar-refractivity contribution in [2.24, 2.45) is 4.99 Å². The van der Waals surface area contributed by atoms with Crippen molar-refractivity contribution in [3.8, 4) is 0 Å². The van der Waals surface area contributed by atoms with Gasteiger partial charge in [-0.25, -0.2) is 9.18 Å². The van der Waals surface area contributed by atoms with Crippen LogP contribution in [0, 0.1) is 12.7 Å². The Kier molecular flexibility index (Phi) is 8.92. The van der Waals surface area contributed by atoms with Crippen LogP contribution in [0.15, 0.2) is 33.7 Å². The van der Waals surface area contributed by atoms with Gasteiger partial charge in [-0.2, -0.15) is 13.2 Å². The van der Waals surface area contributed by atoms with Crippen LogP contribution < -0.4 is 10.6 Å². The van der Waals surface area contributed by atoms with E-state index >= 15 is 0 Å². The lowest BCUT2D eigenvalue weighted by Gasteiger charge is -2.15. The Morgan fingerprint density at radius 1 is 1.21 bits per heavy atom. The first-order chi connectivity index (χ1) is 13.2. The summed E-state index contributed by atoms with van der Waals surface area (Å²) >= 11 is 0. The molecular formula is C18H20F4IN3O3. The molecule has 0 saturated heterocycles. The summed E-state index contributed by atoms with van der Waals surface area (Å²) in [5, 5.41) is 5.59. The minimum Gasteiger partial charge on any atom is -0.465 e. The number of rotatable bonds is 5. The Balaban J connectivity index is 0.00000420. The maximum Gasteiger partial charge on any atom is 0.416 e. The lowest BCUT2D eigenvalue weighted by atomic mass is 10.1. The quantitative estimate of drug-likeness (QED) is 0.201. The summed E-state index contributed by atoms with van der Waals surface area (Å²) in [6, 6.07) is 3.98. The molecule has 0 amide bonds. The van der Waals surface area contributed by atoms with Gasteiger partial charge in [0.15, 0.2) is 5.96 Å². The molecule has 11 heteroatoms. The number of furan rings is 1. The van der Waals surface area contributed by atoms with E-state index < -0.39 is 23.5 Å². The number of methoxy groups -OCH3 is 1. The summed E-state index contributed by atoms with van der Waals surface area (Å²) in [6.45, 7) is 1.52. The van der Waals surface area contributed by atoms with E-state index in [4.69, 9.17) is 4.42 Å². The van der Waals surface area contributed by atoms with Gasteiger partial charge in [0.25, 0.3) is 0 Å². The first kappa shape index (κ1) is 24.7. The second-order valence-corrected chi connectivity index (χ2v) is 5.75. The molecule has 0 aliphatic carbocycles. The van der Waals surface area contributed by atoms with Crippen LogP contribution in [0.4, 0.5) is 17.6 Å². The molecule has 0 saturated carbocycles. The molecule has 6 nitrogen and oxygen atoms in total. The third kappa shape index (κ3) is 6.61. The third-order valence-corrected chi connectivity index (χ3v) is 3.85. The number of ether oxygens (including phenoxy) is 1. The maximum atomic E-state index is 13.2. The zero-order chi connectivity index (χ0) is 20.9. The minimum absolute atomic E-state index is 0. The number of hydrogen-bond donors (Lipinski definition) is 2. The van der Waals surface area contributed by atoms with Gasteiger partial charge in [-0.1, -0.05) is 6.07 Å². The summed E-state index contributed by atoms with van der Waals surface area (Å²) in [6.07, 6.45) is -4.67. The Bertz CT molecular complexity index is 882. The summed E-state index contributed by atoms with van der Waals surface area (Å²) in [5.74, 6) is -0.503. The molecule has 0 radical (unpaired) electrons. The van der Waals surface area contributed by atoms with E-state index in [1.54, 1.807) is 6.92 Å². The molecule has 0 unspecified atom stereocenters. The molecule has 1 heterocycles. The van der Waals surface area contributed by atoms with Gasteiger partial charge < -0.3 is 19.8 Å². The predicted molar refractivity (Wildman–Crippen MR) is 109 cm³/mol. The Labute approximate surface area is 181 Å². The SMILES string of the molecule is CN=C(NCc1cc(C(=O)OC)c(C)o1)NCc1ccc(F)cc1C(F)(F)F.I. The monoisotopic (exact) mass is 529 g/mol. The average Bonchev–Trinajstić information content (AvgIpc) is 3.02. The van der Waals surface area contributed by atoms with E-state index in [1.165, 1.54) is 20.2 Å². The number of nitrogens with zero attached hydrogens (tertiary/aromatic N) is 1. The van der Waals surface area contributed by atoms with Crippen molar-refractivity contribution >= 4 is 35.9 Å². The van der Waals surface area contributed by atoms with Crippen molar-refractivity contribution in [1.29, 1.82) is 0 Å². The standard InChI is InChI=1S/C18H19F4N3O3.HI/c1-10-14(16(26)27-3)7-13(28-10)9-25-17(23-2)24-8-11-4-5-12(19)6-15(11)18(20,21)22;/h4-7H,8-9H2,1-3H3,(H2,23,24,25);1H. The molecule has 160 valence electrons. The summed E-state index contributed by atoms with van der Waals surface area (Å²) in [7, 11) is 2.70. The van der Waals surface area contributed by atoms with Gasteiger partial charge in [0.1, 0.15) is 22.9 Å². The van der Waals surface area contributed by atoms with Crippen LogP contribution in [-0.2, 0) is 24.0 Å². The number of aliphatic imine (C=N–C) groups is 1. The molecule has 2 aromatic rings. The first-order valence-corrected chi connectivity index (χ1v) is 8.13. The second kappa shape index (κ2) is 10.5. The van der Waals surface area contributed by atoms with Gasteiger partial charge >= 0.3 is 12.1 Å². The fraction of sp³-hybridized carbons (Fsp3) is 0.333. The van der Waals surface area contributed by atoms with Crippen molar-refractivity contribution in [2.75, 3.05) is 14.2 Å². The Morgan fingerprint density at radius 3 is 2.45 bits per heavy atom. The van der Waals surface area contributed by atoms with Crippen LogP contribution in [0.3, 0.4) is 0 Å². The molecule has 1 aromatic heterocycles. The van der Waals surface area contributed by atoms with Crippen molar-refractivity contribution in [3.63, 3.8) is 0 Å². The van der Waals surface area contributed by atoms with E-state index in [0.29, 0.717) is 17.6 Å². The smallest absolute Gasteiger partial charge is 0.416 e. The number of carbonyl (C=O) groups excluding carboxylic acids is 1. The predicted octanol–water partition coefficient (Wildman–Crippen LogP) is 4.02. The number of esters is 1. The van der Waals surface area contributed by atoms with Gasteiger partial charge in [-0.3, -0.25) is 4.99 Å². The van der Waals surface area contributed by atoms with Crippen LogP contribution >= 0.6 is 24.0 Å². The summed E-state index contributed by atoms with van der Waals surface area (Å²) < 4.78 is 62.4. The highest BCUT2D eigenvalue weighted by Crippen LogP contribution is 2.32. The van der Waals surface area contributed by atoms with Gasteiger partial charge in [0, 0.05) is 13.6 Å². The fourth-order valence-corrected chi connectivity index (χ4v) is 2.48. The highest BCUT2D eigenvalue weighted by atomic mass is 127. The second-order valence-electron chi connectivity index (χ2n) is 5.75. The van der Waals surface area contributed by atoms with Gasteiger partial charge in [0.2, 0.25) is 0 Å². The molecule has 0 spiro atoms. The third-order valence-electron chi connectivity index (χ3n) is 3.85. The molecule has 0 fully saturated rings. The number of nitrogens with one attached hydrogen (secondary N) is 2. The van der Waals surface area contributed by atoms with Gasteiger partial charge in [0.05, 0.1) is 19.2 Å². The maximum absolute atomic E-state index is 13.2. The van der Waals surface area contributed by atoms with Crippen molar-refractivity contribution in [2.45, 2.75) is 26.2 Å². The zero-order valence-corrected chi connectivity index (χ0v) is 18.1. The molecule has 29 heavy (non-hydrogen) atoms. The molecular weight excluding hydrogens is 509 g/mol. The zero-order valence-electron chi connectivity index (χ0n) is 15.8. The minimum atomic E-state index is -4.67. The topological polar surface area (TPSA) is 75.9 Å². The largest absolute Gasteiger partial charge is 0.465 e. The van der Waals surface area contributed by atoms with Crippen LogP contribution in [-0.4, -0.2) is 26.1 Å². The van der Waals surface area contributed by atoms with Crippen molar-refractivity contribution < 1.29 is 31.5 Å². The number of carbonyl (C=O) groups is 1. The number of hydrogen-bond acceptors (Lipinski definition) is 4. The fourth-order valence-electron chi connectivity index (χ4n) is 2.48. The molecule has 0 atom stereocenters. The van der Waals surface area contributed by atoms with Crippen LogP contribution in [0.25, 0.3) is 0 Å². The lowest BCUT2D eigenvalue weighted by Crippen LogP contribution is -2.36. The van der Waals surface area contributed by atoms with E-state index in [2.05, 4.69) is 20.4 Å². The Morgan fingerprint density at radius 2 is 1.86 bits per heavy atom. The molecule has 2 N–H and O–H groups in total. The number of benzene rings is 1. The van der Waals surface area contributed by atoms with E-state index in [0.717, 1.165) is 12.1 Å². The summed E-state index contributed by atoms with van der Waals surface area (Å²) in [5.41, 5.74) is -0.901. The van der Waals surface area contributed by atoms with Crippen LogP contribution in [0.1, 0.15) is 33.0 Å². The number of halogens is 5. The van der Waals surface area contributed by atoms with E-state index in [-0.39, 0.29) is 54.2 Å². The first-order valence-electron chi connectivity index (χ1n) is 8.13. The molecule has 1 aromatic carbocycles. The van der Waals surface area contributed by atoms with E-state index in [9.17, 15) is 22.4 Å². The normalized spacial score (nSPS) is 11.6. The number of guanidine groups is 1. The molecule has 2 rings (SSSR count). The molecule has 0 aliphatic rings. The lowest BCUT2D eigenvalue weighted by molar-refractivity contribution is -0.138. The van der Waals surface area contributed by atoms with Crippen molar-refractivity contribution in [3.05, 3.63) is 58.3 Å². The van der Waals surface area contributed by atoms with Crippen molar-refractivity contribution in [1.82, 2.24) is 10.6 Å². The highest BCUT2D eigenvalue weighted by Gasteiger charge is 2.33.